The van der Waals surface area contributed by atoms with Crippen LogP contribution >= 0.6 is 0 Å². The number of fused-ring (bicyclic) bond motifs is 3. The summed E-state index contributed by atoms with van der Waals surface area (Å²) >= 11 is 0. The second-order valence-electron chi connectivity index (χ2n) is 9.16. The molecular formula is C20H29NO6. The minimum Gasteiger partial charge on any atom is -0.494 e. The van der Waals surface area contributed by atoms with Crippen LogP contribution in [0.4, 0.5) is 4.79 Å². The van der Waals surface area contributed by atoms with Crippen molar-refractivity contribution in [1.82, 2.24) is 4.90 Å². The van der Waals surface area contributed by atoms with E-state index in [2.05, 4.69) is 0 Å². The predicted octanol–water partition coefficient (Wildman–Crippen LogP) is 2.23. The summed E-state index contributed by atoms with van der Waals surface area (Å²) in [7, 11) is 2.85. The van der Waals surface area contributed by atoms with Crippen LogP contribution in [-0.4, -0.2) is 59.4 Å². The number of ketones is 1. The van der Waals surface area contributed by atoms with Crippen LogP contribution in [-0.2, 0) is 19.0 Å². The Morgan fingerprint density at radius 3 is 2.44 bits per heavy atom. The molecule has 1 saturated heterocycles. The van der Waals surface area contributed by atoms with E-state index in [0.29, 0.717) is 13.0 Å². The number of carbonyl (C=O) groups excluding carboxylic acids is 2. The molecule has 1 spiro atoms. The molecule has 1 N–H and O–H groups in total. The SMILES string of the molecule is COC1=C(OC)[C@]2(O)[C@@H]3CCC[C@H]3[C@H]3CCN(C(=O)OC(C)(C)C)[C@]32C1=O. The summed E-state index contributed by atoms with van der Waals surface area (Å²) in [6, 6.07) is 0. The highest BCUT2D eigenvalue weighted by atomic mass is 16.6. The third-order valence-corrected chi connectivity index (χ3v) is 6.96. The fourth-order valence-corrected chi connectivity index (χ4v) is 6.38. The summed E-state index contributed by atoms with van der Waals surface area (Å²) in [5.41, 5.74) is -3.65. The van der Waals surface area contributed by atoms with Gasteiger partial charge in [-0.3, -0.25) is 9.69 Å². The molecule has 4 aliphatic rings. The average molecular weight is 379 g/mol. The lowest BCUT2D eigenvalue weighted by atomic mass is 9.75. The molecule has 1 heterocycles. The van der Waals surface area contributed by atoms with Crippen molar-refractivity contribution in [3.8, 4) is 0 Å². The first-order valence-electron chi connectivity index (χ1n) is 9.75. The number of hydrogen-bond acceptors (Lipinski definition) is 6. The molecule has 0 unspecified atom stereocenters. The van der Waals surface area contributed by atoms with Gasteiger partial charge in [0.2, 0.25) is 11.5 Å². The number of Topliss-reactive ketones (excluding diaryl/α,β-unsaturated/α-hetero) is 1. The van der Waals surface area contributed by atoms with E-state index in [-0.39, 0.29) is 35.1 Å². The summed E-state index contributed by atoms with van der Waals surface area (Å²) in [5, 5.41) is 12.1. The average Bonchev–Trinajstić information content (AvgIpc) is 3.26. The first kappa shape index (κ1) is 18.6. The molecular weight excluding hydrogens is 350 g/mol. The van der Waals surface area contributed by atoms with E-state index >= 15 is 0 Å². The molecule has 3 fully saturated rings. The highest BCUT2D eigenvalue weighted by Gasteiger charge is 2.83. The van der Waals surface area contributed by atoms with Crippen molar-refractivity contribution >= 4 is 11.9 Å². The normalized spacial score (nSPS) is 40.1. The topological polar surface area (TPSA) is 85.3 Å². The van der Waals surface area contributed by atoms with Gasteiger partial charge in [0.1, 0.15) is 5.60 Å². The molecule has 0 aromatic carbocycles. The summed E-state index contributed by atoms with van der Waals surface area (Å²) in [6.07, 6.45) is 2.86. The van der Waals surface area contributed by atoms with Gasteiger partial charge in [0.25, 0.3) is 0 Å². The van der Waals surface area contributed by atoms with E-state index in [9.17, 15) is 14.7 Å². The van der Waals surface area contributed by atoms with E-state index < -0.39 is 22.8 Å². The first-order chi connectivity index (χ1) is 12.6. The van der Waals surface area contributed by atoms with E-state index in [1.54, 1.807) is 20.8 Å². The quantitative estimate of drug-likeness (QED) is 0.792. The van der Waals surface area contributed by atoms with Crippen molar-refractivity contribution < 1.29 is 28.9 Å². The maximum Gasteiger partial charge on any atom is 0.411 e. The predicted molar refractivity (Wildman–Crippen MR) is 95.6 cm³/mol. The Morgan fingerprint density at radius 1 is 1.15 bits per heavy atom. The van der Waals surface area contributed by atoms with Crippen LogP contribution in [0.25, 0.3) is 0 Å². The monoisotopic (exact) mass is 379 g/mol. The van der Waals surface area contributed by atoms with Crippen LogP contribution in [0.1, 0.15) is 46.5 Å². The van der Waals surface area contributed by atoms with Gasteiger partial charge in [0.05, 0.1) is 14.2 Å². The molecule has 4 rings (SSSR count). The molecule has 5 atom stereocenters. The van der Waals surface area contributed by atoms with E-state index in [0.717, 1.165) is 19.3 Å². The largest absolute Gasteiger partial charge is 0.494 e. The number of hydrogen-bond donors (Lipinski definition) is 1. The van der Waals surface area contributed by atoms with E-state index in [4.69, 9.17) is 14.2 Å². The van der Waals surface area contributed by atoms with Gasteiger partial charge < -0.3 is 19.3 Å². The minimum absolute atomic E-state index is 0.0332. The second-order valence-corrected chi connectivity index (χ2v) is 9.16. The van der Waals surface area contributed by atoms with Gasteiger partial charge in [0, 0.05) is 12.5 Å². The van der Waals surface area contributed by atoms with Crippen molar-refractivity contribution in [3.63, 3.8) is 0 Å². The Kier molecular flexibility index (Phi) is 3.87. The molecule has 1 aliphatic heterocycles. The Hall–Kier alpha value is -1.76. The van der Waals surface area contributed by atoms with Gasteiger partial charge in [-0.2, -0.15) is 0 Å². The van der Waals surface area contributed by atoms with Crippen LogP contribution in [0.2, 0.25) is 0 Å². The molecule has 0 aromatic heterocycles. The maximum atomic E-state index is 13.6. The molecule has 0 bridgehead atoms. The van der Waals surface area contributed by atoms with Crippen LogP contribution in [0.3, 0.4) is 0 Å². The van der Waals surface area contributed by atoms with Gasteiger partial charge in [-0.05, 0) is 51.9 Å². The standard InChI is InChI=1S/C20H29NO6/c1-18(2,3)27-17(23)21-10-9-12-11-7-6-8-13(11)20(24)16(26-5)14(25-4)15(22)19(12,20)21/h11-13,24H,6-10H2,1-5H3/t11-,12+,13+,19-,20+/m0/s1. The van der Waals surface area contributed by atoms with Gasteiger partial charge in [-0.15, -0.1) is 0 Å². The molecule has 27 heavy (non-hydrogen) atoms. The molecule has 2 saturated carbocycles. The molecule has 3 aliphatic carbocycles. The zero-order valence-corrected chi connectivity index (χ0v) is 16.7. The Balaban J connectivity index is 1.88. The lowest BCUT2D eigenvalue weighted by Crippen LogP contribution is -2.66. The highest BCUT2D eigenvalue weighted by Crippen LogP contribution is 2.69. The van der Waals surface area contributed by atoms with Crippen LogP contribution in [0, 0.1) is 17.8 Å². The summed E-state index contributed by atoms with van der Waals surface area (Å²) in [5.74, 6) is -0.204. The lowest BCUT2D eigenvalue weighted by Gasteiger charge is -2.44. The van der Waals surface area contributed by atoms with Gasteiger partial charge in [-0.1, -0.05) is 6.42 Å². The van der Waals surface area contributed by atoms with Crippen molar-refractivity contribution in [2.24, 2.45) is 17.8 Å². The number of aliphatic hydroxyl groups is 1. The molecule has 0 aromatic rings. The van der Waals surface area contributed by atoms with Gasteiger partial charge in [-0.25, -0.2) is 4.79 Å². The number of amides is 1. The highest BCUT2D eigenvalue weighted by molar-refractivity contribution is 6.09. The zero-order chi connectivity index (χ0) is 19.8. The minimum atomic E-state index is -1.57. The summed E-state index contributed by atoms with van der Waals surface area (Å²) in [6.45, 7) is 5.76. The van der Waals surface area contributed by atoms with Gasteiger partial charge in [0.15, 0.2) is 16.9 Å². The molecule has 7 heteroatoms. The molecule has 0 radical (unpaired) electrons. The third-order valence-electron chi connectivity index (χ3n) is 6.96. The van der Waals surface area contributed by atoms with Gasteiger partial charge >= 0.3 is 6.09 Å². The molecule has 7 nitrogen and oxygen atoms in total. The van der Waals surface area contributed by atoms with Crippen molar-refractivity contribution in [3.05, 3.63) is 11.5 Å². The van der Waals surface area contributed by atoms with Crippen molar-refractivity contribution in [2.45, 2.75) is 63.2 Å². The first-order valence-corrected chi connectivity index (χ1v) is 9.75. The smallest absolute Gasteiger partial charge is 0.411 e. The number of carbonyl (C=O) groups is 2. The Morgan fingerprint density at radius 2 is 1.85 bits per heavy atom. The van der Waals surface area contributed by atoms with E-state index in [1.165, 1.54) is 19.1 Å². The van der Waals surface area contributed by atoms with Crippen LogP contribution in [0.5, 0.6) is 0 Å². The summed E-state index contributed by atoms with van der Waals surface area (Å²) in [4.78, 5) is 28.2. The number of rotatable bonds is 2. The number of nitrogens with zero attached hydrogens (tertiary/aromatic N) is 1. The second kappa shape index (κ2) is 5.63. The van der Waals surface area contributed by atoms with E-state index in [1.807, 2.05) is 0 Å². The van der Waals surface area contributed by atoms with Crippen LogP contribution in [0.15, 0.2) is 11.5 Å². The fourth-order valence-electron chi connectivity index (χ4n) is 6.38. The molecule has 150 valence electrons. The van der Waals surface area contributed by atoms with Crippen molar-refractivity contribution in [2.75, 3.05) is 20.8 Å². The van der Waals surface area contributed by atoms with Crippen molar-refractivity contribution in [1.29, 1.82) is 0 Å². The van der Waals surface area contributed by atoms with Crippen LogP contribution < -0.4 is 0 Å². The Bertz CT molecular complexity index is 724. The number of methoxy groups -OCH3 is 2. The maximum absolute atomic E-state index is 13.6. The summed E-state index contributed by atoms with van der Waals surface area (Å²) < 4.78 is 16.5. The molecule has 1 amide bonds. The fraction of sp³-hybridized carbons (Fsp3) is 0.800. The third kappa shape index (κ3) is 2.01. The number of likely N-dealkylation sites (tertiary alicyclic amines) is 1. The number of ether oxygens (including phenoxy) is 3. The lowest BCUT2D eigenvalue weighted by molar-refractivity contribution is -0.143. The Labute approximate surface area is 159 Å². The zero-order valence-electron chi connectivity index (χ0n) is 16.7.